The van der Waals surface area contributed by atoms with Gasteiger partial charge in [-0.2, -0.15) is 0 Å². The number of aryl methyl sites for hydroxylation is 1. The number of anilines is 1. The summed E-state index contributed by atoms with van der Waals surface area (Å²) in [6.07, 6.45) is 2.34. The van der Waals surface area contributed by atoms with Crippen molar-refractivity contribution >= 4 is 22.6 Å². The largest absolute Gasteiger partial charge is 0.494 e. The Morgan fingerprint density at radius 3 is 2.61 bits per heavy atom. The number of fused-ring (bicyclic) bond motifs is 2. The third-order valence-electron chi connectivity index (χ3n) is 6.80. The summed E-state index contributed by atoms with van der Waals surface area (Å²) >= 11 is 0. The molecule has 6 rings (SSSR count). The summed E-state index contributed by atoms with van der Waals surface area (Å²) in [7, 11) is 0. The molecule has 3 aromatic carbocycles. The first kappa shape index (κ1) is 22.5. The molecule has 36 heavy (non-hydrogen) atoms. The SMILES string of the molecule is O=C1CC(c2nc3ccccc3n2CCCCOc2ccccc2)CN1c1ccc2c(c1)OCCO2. The van der Waals surface area contributed by atoms with Crippen LogP contribution in [0, 0.1) is 0 Å². The van der Waals surface area contributed by atoms with E-state index in [9.17, 15) is 4.79 Å². The molecule has 0 radical (unpaired) electrons. The van der Waals surface area contributed by atoms with E-state index < -0.39 is 0 Å². The van der Waals surface area contributed by atoms with Crippen molar-refractivity contribution in [3.05, 3.63) is 78.6 Å². The van der Waals surface area contributed by atoms with Gasteiger partial charge in [0.15, 0.2) is 11.5 Å². The fourth-order valence-corrected chi connectivity index (χ4v) is 5.05. The van der Waals surface area contributed by atoms with Crippen LogP contribution in [0.15, 0.2) is 72.8 Å². The zero-order valence-corrected chi connectivity index (χ0v) is 20.1. The monoisotopic (exact) mass is 483 g/mol. The van der Waals surface area contributed by atoms with Crippen molar-refractivity contribution in [3.8, 4) is 17.2 Å². The van der Waals surface area contributed by atoms with Gasteiger partial charge in [0.25, 0.3) is 0 Å². The fraction of sp³-hybridized carbons (Fsp3) is 0.310. The lowest BCUT2D eigenvalue weighted by molar-refractivity contribution is -0.117. The first-order valence-electron chi connectivity index (χ1n) is 12.6. The van der Waals surface area contributed by atoms with Gasteiger partial charge in [-0.15, -0.1) is 0 Å². The van der Waals surface area contributed by atoms with Gasteiger partial charge < -0.3 is 23.7 Å². The van der Waals surface area contributed by atoms with Crippen LogP contribution in [0.3, 0.4) is 0 Å². The van der Waals surface area contributed by atoms with Crippen LogP contribution in [0.1, 0.15) is 31.0 Å². The molecule has 2 aliphatic rings. The molecule has 3 heterocycles. The first-order valence-corrected chi connectivity index (χ1v) is 12.6. The molecule has 7 nitrogen and oxygen atoms in total. The lowest BCUT2D eigenvalue weighted by Crippen LogP contribution is -2.25. The van der Waals surface area contributed by atoms with E-state index in [1.54, 1.807) is 0 Å². The number of carbonyl (C=O) groups excluding carboxylic acids is 1. The number of ether oxygens (including phenoxy) is 3. The highest BCUT2D eigenvalue weighted by Gasteiger charge is 2.35. The zero-order valence-electron chi connectivity index (χ0n) is 20.1. The number of para-hydroxylation sites is 3. The van der Waals surface area contributed by atoms with Crippen LogP contribution < -0.4 is 19.1 Å². The summed E-state index contributed by atoms with van der Waals surface area (Å²) in [5, 5.41) is 0. The number of hydrogen-bond acceptors (Lipinski definition) is 5. The molecule has 184 valence electrons. The minimum Gasteiger partial charge on any atom is -0.494 e. The molecule has 0 spiro atoms. The average Bonchev–Trinajstić information content (AvgIpc) is 3.49. The van der Waals surface area contributed by atoms with Gasteiger partial charge >= 0.3 is 0 Å². The first-order chi connectivity index (χ1) is 17.8. The van der Waals surface area contributed by atoms with Gasteiger partial charge in [0.1, 0.15) is 24.8 Å². The molecule has 1 unspecified atom stereocenters. The number of unbranched alkanes of at least 4 members (excludes halogenated alkanes) is 1. The van der Waals surface area contributed by atoms with Gasteiger partial charge in [0, 0.05) is 37.2 Å². The van der Waals surface area contributed by atoms with Gasteiger partial charge in [-0.1, -0.05) is 30.3 Å². The molecule has 1 fully saturated rings. The summed E-state index contributed by atoms with van der Waals surface area (Å²) < 4.78 is 19.5. The molecule has 0 saturated carbocycles. The molecular formula is C29H29N3O4. The molecular weight excluding hydrogens is 454 g/mol. The van der Waals surface area contributed by atoms with E-state index in [4.69, 9.17) is 19.2 Å². The van der Waals surface area contributed by atoms with Crippen molar-refractivity contribution in [2.75, 3.05) is 31.3 Å². The van der Waals surface area contributed by atoms with Gasteiger partial charge in [0.05, 0.1) is 17.6 Å². The molecule has 1 saturated heterocycles. The highest BCUT2D eigenvalue weighted by atomic mass is 16.6. The van der Waals surface area contributed by atoms with Crippen molar-refractivity contribution in [2.45, 2.75) is 31.7 Å². The van der Waals surface area contributed by atoms with Crippen molar-refractivity contribution in [1.82, 2.24) is 9.55 Å². The quantitative estimate of drug-likeness (QED) is 0.323. The third-order valence-corrected chi connectivity index (χ3v) is 6.80. The molecule has 2 aliphatic heterocycles. The number of nitrogens with zero attached hydrogens (tertiary/aromatic N) is 3. The minimum atomic E-state index is 0.0265. The molecule has 1 atom stereocenters. The van der Waals surface area contributed by atoms with Crippen molar-refractivity contribution in [2.24, 2.45) is 0 Å². The highest BCUT2D eigenvalue weighted by Crippen LogP contribution is 2.38. The molecule has 0 bridgehead atoms. The van der Waals surface area contributed by atoms with Crippen LogP contribution in [-0.4, -0.2) is 41.8 Å². The van der Waals surface area contributed by atoms with E-state index in [1.165, 1.54) is 0 Å². The van der Waals surface area contributed by atoms with E-state index in [0.717, 1.165) is 53.4 Å². The predicted octanol–water partition coefficient (Wildman–Crippen LogP) is 5.19. The van der Waals surface area contributed by atoms with Gasteiger partial charge in [-0.25, -0.2) is 4.98 Å². The van der Waals surface area contributed by atoms with E-state index in [0.29, 0.717) is 38.5 Å². The normalized spacial score (nSPS) is 17.1. The molecule has 4 aromatic rings. The summed E-state index contributed by atoms with van der Waals surface area (Å²) in [6.45, 7) is 3.17. The van der Waals surface area contributed by atoms with Crippen molar-refractivity contribution in [1.29, 1.82) is 0 Å². The number of hydrogen-bond donors (Lipinski definition) is 0. The second kappa shape index (κ2) is 9.93. The van der Waals surface area contributed by atoms with Crippen LogP contribution in [0.5, 0.6) is 17.2 Å². The lowest BCUT2D eigenvalue weighted by atomic mass is 10.1. The smallest absolute Gasteiger partial charge is 0.227 e. The summed E-state index contributed by atoms with van der Waals surface area (Å²) in [5.74, 6) is 3.43. The van der Waals surface area contributed by atoms with Crippen molar-refractivity contribution in [3.63, 3.8) is 0 Å². The van der Waals surface area contributed by atoms with E-state index in [-0.39, 0.29) is 11.8 Å². The minimum absolute atomic E-state index is 0.0265. The second-order valence-electron chi connectivity index (χ2n) is 9.21. The van der Waals surface area contributed by atoms with Crippen LogP contribution in [0.25, 0.3) is 11.0 Å². The number of amides is 1. The van der Waals surface area contributed by atoms with Crippen LogP contribution >= 0.6 is 0 Å². The second-order valence-corrected chi connectivity index (χ2v) is 9.21. The zero-order chi connectivity index (χ0) is 24.3. The van der Waals surface area contributed by atoms with Gasteiger partial charge in [0.2, 0.25) is 5.91 Å². The number of benzene rings is 3. The van der Waals surface area contributed by atoms with Crippen LogP contribution in [-0.2, 0) is 11.3 Å². The maximum absolute atomic E-state index is 13.1. The maximum atomic E-state index is 13.1. The Hall–Kier alpha value is -4.00. The Bertz CT molecular complexity index is 1370. The van der Waals surface area contributed by atoms with E-state index in [1.807, 2.05) is 71.6 Å². The Morgan fingerprint density at radius 1 is 0.917 bits per heavy atom. The standard InChI is InChI=1S/C29H29N3O4/c33-28-18-21(20-32(28)22-12-13-26-27(19-22)36-17-16-35-26)29-30-24-10-4-5-11-25(24)31(29)14-6-7-15-34-23-8-2-1-3-9-23/h1-5,8-13,19,21H,6-7,14-18,20H2. The maximum Gasteiger partial charge on any atom is 0.227 e. The van der Waals surface area contributed by atoms with Crippen LogP contribution in [0.4, 0.5) is 5.69 Å². The average molecular weight is 484 g/mol. The number of carbonyl (C=O) groups is 1. The Balaban J connectivity index is 1.18. The molecule has 0 N–H and O–H groups in total. The van der Waals surface area contributed by atoms with E-state index in [2.05, 4.69) is 10.6 Å². The third kappa shape index (κ3) is 4.49. The Labute approximate surface area is 210 Å². The fourth-order valence-electron chi connectivity index (χ4n) is 5.05. The number of aromatic nitrogens is 2. The summed E-state index contributed by atoms with van der Waals surface area (Å²) in [6, 6.07) is 23.9. The molecule has 7 heteroatoms. The lowest BCUT2D eigenvalue weighted by Gasteiger charge is -2.22. The highest BCUT2D eigenvalue weighted by molar-refractivity contribution is 5.97. The molecule has 1 aromatic heterocycles. The molecule has 0 aliphatic carbocycles. The van der Waals surface area contributed by atoms with Crippen LogP contribution in [0.2, 0.25) is 0 Å². The number of rotatable bonds is 8. The number of imidazole rings is 1. The Morgan fingerprint density at radius 2 is 1.72 bits per heavy atom. The van der Waals surface area contributed by atoms with E-state index >= 15 is 0 Å². The summed E-state index contributed by atoms with van der Waals surface area (Å²) in [5.41, 5.74) is 2.92. The predicted molar refractivity (Wildman–Crippen MR) is 138 cm³/mol. The van der Waals surface area contributed by atoms with Gasteiger partial charge in [-0.05, 0) is 49.2 Å². The Kier molecular flexibility index (Phi) is 6.20. The van der Waals surface area contributed by atoms with Gasteiger partial charge in [-0.3, -0.25) is 4.79 Å². The summed E-state index contributed by atoms with van der Waals surface area (Å²) in [4.78, 5) is 19.9. The topological polar surface area (TPSA) is 65.8 Å². The molecule has 1 amide bonds. The van der Waals surface area contributed by atoms with Crippen molar-refractivity contribution < 1.29 is 19.0 Å².